The molecule has 1 aromatic carbocycles. The summed E-state index contributed by atoms with van der Waals surface area (Å²) in [6.45, 7) is 4.09. The molecule has 1 unspecified atom stereocenters. The zero-order valence-electron chi connectivity index (χ0n) is 18.1. The van der Waals surface area contributed by atoms with E-state index in [1.54, 1.807) is 37.7 Å². The normalized spacial score (nSPS) is 15.5. The van der Waals surface area contributed by atoms with Gasteiger partial charge in [0, 0.05) is 10.4 Å². The Morgan fingerprint density at radius 1 is 1.10 bits per heavy atom. The number of thiophene rings is 1. The largest absolute Gasteiger partial charge is 0.493 e. The molecule has 1 N–H and O–H groups in total. The van der Waals surface area contributed by atoms with Crippen LogP contribution in [-0.4, -0.2) is 38.1 Å². The molecule has 0 bridgehead atoms. The van der Waals surface area contributed by atoms with Crippen molar-refractivity contribution in [3.63, 3.8) is 0 Å². The molecule has 31 heavy (non-hydrogen) atoms. The van der Waals surface area contributed by atoms with Crippen LogP contribution in [0, 0.1) is 6.92 Å². The molecule has 1 fully saturated rings. The molecule has 1 aliphatic heterocycles. The summed E-state index contributed by atoms with van der Waals surface area (Å²) in [4.78, 5) is 16.3. The molecule has 0 saturated carbocycles. The van der Waals surface area contributed by atoms with Crippen molar-refractivity contribution in [2.45, 2.75) is 32.2 Å². The highest BCUT2D eigenvalue weighted by molar-refractivity contribution is 7.16. The molecule has 1 aliphatic rings. The number of hydrogen-bond donors (Lipinski definition) is 1. The zero-order chi connectivity index (χ0) is 21.8. The summed E-state index contributed by atoms with van der Waals surface area (Å²) in [5, 5.41) is 3.93. The Labute approximate surface area is 186 Å². The number of benzene rings is 1. The predicted octanol–water partition coefficient (Wildman–Crippen LogP) is 5.49. The fourth-order valence-corrected chi connectivity index (χ4v) is 5.13. The number of carbonyl (C=O) groups excluding carboxylic acids is 1. The van der Waals surface area contributed by atoms with E-state index in [0.717, 1.165) is 34.1 Å². The van der Waals surface area contributed by atoms with Gasteiger partial charge in [0.1, 0.15) is 5.00 Å². The van der Waals surface area contributed by atoms with Gasteiger partial charge in [-0.15, -0.1) is 11.3 Å². The van der Waals surface area contributed by atoms with Crippen molar-refractivity contribution in [1.82, 2.24) is 4.90 Å². The number of hydrogen-bond acceptors (Lipinski definition) is 6. The highest BCUT2D eigenvalue weighted by atomic mass is 32.1. The number of nitrogens with zero attached hydrogens (tertiary/aromatic N) is 1. The van der Waals surface area contributed by atoms with E-state index >= 15 is 0 Å². The third kappa shape index (κ3) is 4.62. The zero-order valence-corrected chi connectivity index (χ0v) is 19.0. The molecule has 0 spiro atoms. The van der Waals surface area contributed by atoms with E-state index in [4.69, 9.17) is 13.9 Å². The van der Waals surface area contributed by atoms with Crippen molar-refractivity contribution in [3.8, 4) is 11.5 Å². The van der Waals surface area contributed by atoms with Crippen LogP contribution < -0.4 is 14.8 Å². The number of rotatable bonds is 7. The maximum absolute atomic E-state index is 12.7. The van der Waals surface area contributed by atoms with Gasteiger partial charge in [-0.2, -0.15) is 0 Å². The van der Waals surface area contributed by atoms with Crippen molar-refractivity contribution < 1.29 is 18.7 Å². The number of likely N-dealkylation sites (tertiary alicyclic amines) is 1. The molecule has 0 radical (unpaired) electrons. The lowest BCUT2D eigenvalue weighted by Crippen LogP contribution is -2.34. The van der Waals surface area contributed by atoms with Crippen molar-refractivity contribution in [3.05, 3.63) is 64.4 Å². The number of piperidine rings is 1. The number of nitrogens with one attached hydrogen (secondary N) is 1. The Bertz CT molecular complexity index is 1020. The lowest BCUT2D eigenvalue weighted by molar-refractivity contribution is 0.0996. The lowest BCUT2D eigenvalue weighted by Gasteiger charge is -2.35. The van der Waals surface area contributed by atoms with Gasteiger partial charge in [0.25, 0.3) is 5.91 Å². The highest BCUT2D eigenvalue weighted by Gasteiger charge is 2.29. The Morgan fingerprint density at radius 2 is 1.87 bits per heavy atom. The fraction of sp³-hybridized carbons (Fsp3) is 0.375. The van der Waals surface area contributed by atoms with Crippen molar-refractivity contribution in [2.75, 3.05) is 32.6 Å². The topological polar surface area (TPSA) is 63.9 Å². The number of methoxy groups -OCH3 is 2. The molecule has 1 saturated heterocycles. The third-order valence-corrected chi connectivity index (χ3v) is 6.61. The van der Waals surface area contributed by atoms with Gasteiger partial charge in [-0.05, 0) is 68.8 Å². The van der Waals surface area contributed by atoms with Crippen LogP contribution in [0.2, 0.25) is 0 Å². The van der Waals surface area contributed by atoms with E-state index in [0.29, 0.717) is 17.3 Å². The van der Waals surface area contributed by atoms with E-state index in [-0.39, 0.29) is 11.9 Å². The molecule has 3 heterocycles. The van der Waals surface area contributed by atoms with Gasteiger partial charge in [-0.25, -0.2) is 0 Å². The van der Waals surface area contributed by atoms with Gasteiger partial charge < -0.3 is 19.2 Å². The number of aryl methyl sites for hydroxylation is 1. The molecular weight excluding hydrogens is 412 g/mol. The third-order valence-electron chi connectivity index (χ3n) is 5.63. The SMILES string of the molecule is COc1ccc(C(c2cc(C)sc2NC(=O)c2ccco2)N2CCCCC2)cc1OC. The van der Waals surface area contributed by atoms with E-state index in [2.05, 4.69) is 29.3 Å². The summed E-state index contributed by atoms with van der Waals surface area (Å²) in [5.74, 6) is 1.47. The Hall–Kier alpha value is -2.77. The van der Waals surface area contributed by atoms with Crippen molar-refractivity contribution >= 4 is 22.2 Å². The second kappa shape index (κ2) is 9.58. The molecule has 164 valence electrons. The summed E-state index contributed by atoms with van der Waals surface area (Å²) in [6.07, 6.45) is 5.09. The summed E-state index contributed by atoms with van der Waals surface area (Å²) in [5.41, 5.74) is 2.21. The molecule has 4 rings (SSSR count). The van der Waals surface area contributed by atoms with Crippen LogP contribution in [0.15, 0.2) is 47.1 Å². The van der Waals surface area contributed by atoms with Gasteiger partial charge in [0.15, 0.2) is 17.3 Å². The minimum atomic E-state index is -0.238. The molecule has 1 amide bonds. The van der Waals surface area contributed by atoms with Gasteiger partial charge in [0.05, 0.1) is 26.5 Å². The fourth-order valence-electron chi connectivity index (χ4n) is 4.19. The molecule has 1 atom stereocenters. The first kappa shape index (κ1) is 21.5. The number of anilines is 1. The lowest BCUT2D eigenvalue weighted by atomic mass is 9.95. The van der Waals surface area contributed by atoms with Gasteiger partial charge in [-0.3, -0.25) is 9.69 Å². The standard InChI is InChI=1S/C24H28N2O4S/c1-16-14-18(24(31-16)25-23(27)20-8-7-13-30-20)22(26-11-5-4-6-12-26)17-9-10-19(28-2)21(15-17)29-3/h7-10,13-15,22H,4-6,11-12H2,1-3H3,(H,25,27). The summed E-state index contributed by atoms with van der Waals surface area (Å²) >= 11 is 1.59. The maximum atomic E-state index is 12.7. The second-order valence-electron chi connectivity index (χ2n) is 7.69. The predicted molar refractivity (Wildman–Crippen MR) is 123 cm³/mol. The highest BCUT2D eigenvalue weighted by Crippen LogP contribution is 2.42. The smallest absolute Gasteiger partial charge is 0.291 e. The van der Waals surface area contributed by atoms with Gasteiger partial charge in [0.2, 0.25) is 0 Å². The number of furan rings is 1. The molecule has 2 aromatic heterocycles. The average Bonchev–Trinajstić information content (AvgIpc) is 3.45. The van der Waals surface area contributed by atoms with Crippen LogP contribution in [0.5, 0.6) is 11.5 Å². The van der Waals surface area contributed by atoms with Crippen molar-refractivity contribution in [1.29, 1.82) is 0 Å². The first-order valence-corrected chi connectivity index (χ1v) is 11.3. The Kier molecular flexibility index (Phi) is 6.63. The molecule has 7 heteroatoms. The maximum Gasteiger partial charge on any atom is 0.291 e. The minimum Gasteiger partial charge on any atom is -0.493 e. The van der Waals surface area contributed by atoms with E-state index in [1.807, 2.05) is 12.1 Å². The molecule has 0 aliphatic carbocycles. The Balaban J connectivity index is 1.75. The average molecular weight is 441 g/mol. The summed E-state index contributed by atoms with van der Waals surface area (Å²) in [7, 11) is 3.30. The number of ether oxygens (including phenoxy) is 2. The summed E-state index contributed by atoms with van der Waals surface area (Å²) in [6, 6.07) is 11.7. The van der Waals surface area contributed by atoms with Gasteiger partial charge >= 0.3 is 0 Å². The van der Waals surface area contributed by atoms with Gasteiger partial charge in [-0.1, -0.05) is 12.5 Å². The van der Waals surface area contributed by atoms with Crippen LogP contribution in [0.4, 0.5) is 5.00 Å². The number of amides is 1. The molecule has 3 aromatic rings. The number of carbonyl (C=O) groups is 1. The van der Waals surface area contributed by atoms with Crippen molar-refractivity contribution in [2.24, 2.45) is 0 Å². The second-order valence-corrected chi connectivity index (χ2v) is 8.94. The van der Waals surface area contributed by atoms with Crippen LogP contribution in [0.1, 0.15) is 51.9 Å². The van der Waals surface area contributed by atoms with E-state index in [9.17, 15) is 4.79 Å². The van der Waals surface area contributed by atoms with Crippen LogP contribution in [-0.2, 0) is 0 Å². The summed E-state index contributed by atoms with van der Waals surface area (Å²) < 4.78 is 16.3. The first-order valence-electron chi connectivity index (χ1n) is 10.5. The Morgan fingerprint density at radius 3 is 2.55 bits per heavy atom. The minimum absolute atomic E-state index is 0.0111. The van der Waals surface area contributed by atoms with Crippen LogP contribution in [0.25, 0.3) is 0 Å². The first-order chi connectivity index (χ1) is 15.1. The van der Waals surface area contributed by atoms with E-state index in [1.165, 1.54) is 25.5 Å². The molecular formula is C24H28N2O4S. The monoisotopic (exact) mass is 440 g/mol. The van der Waals surface area contributed by atoms with E-state index < -0.39 is 0 Å². The van der Waals surface area contributed by atoms with Crippen LogP contribution in [0.3, 0.4) is 0 Å². The quantitative estimate of drug-likeness (QED) is 0.526. The van der Waals surface area contributed by atoms with Crippen LogP contribution >= 0.6 is 11.3 Å². The molecule has 6 nitrogen and oxygen atoms in total.